The Bertz CT molecular complexity index is 764. The number of fused-ring (bicyclic) bond motifs is 1. The lowest BCUT2D eigenvalue weighted by Crippen LogP contribution is -2.20. The number of nitrogens with zero attached hydrogens (tertiary/aromatic N) is 1. The maximum absolute atomic E-state index is 13.4. The number of rotatable bonds is 3. The van der Waals surface area contributed by atoms with E-state index >= 15 is 0 Å². The molecular weight excluding hydrogens is 295 g/mol. The second kappa shape index (κ2) is 5.40. The number of hydrogen-bond acceptors (Lipinski definition) is 3. The molecule has 0 atom stereocenters. The van der Waals surface area contributed by atoms with Gasteiger partial charge in [-0.05, 0) is 37.0 Å². The van der Waals surface area contributed by atoms with Crippen LogP contribution < -0.4 is 5.14 Å². The van der Waals surface area contributed by atoms with Crippen molar-refractivity contribution >= 4 is 20.9 Å². The summed E-state index contributed by atoms with van der Waals surface area (Å²) in [4.78, 5) is -0.0240. The molecule has 0 saturated carbocycles. The van der Waals surface area contributed by atoms with E-state index in [-0.39, 0.29) is 4.90 Å². The fourth-order valence-corrected chi connectivity index (χ4v) is 3.57. The predicted octanol–water partition coefficient (Wildman–Crippen LogP) is 1.85. The van der Waals surface area contributed by atoms with Gasteiger partial charge in [0.05, 0.1) is 0 Å². The third kappa shape index (κ3) is 2.95. The van der Waals surface area contributed by atoms with E-state index in [0.717, 1.165) is 26.1 Å². The van der Waals surface area contributed by atoms with Gasteiger partial charge in [-0.1, -0.05) is 0 Å². The Kier molecular flexibility index (Phi) is 3.73. The summed E-state index contributed by atoms with van der Waals surface area (Å²) in [5, 5.41) is 5.57. The first kappa shape index (κ1) is 14.5. The van der Waals surface area contributed by atoms with Crippen molar-refractivity contribution in [3.8, 4) is 0 Å². The lowest BCUT2D eigenvalue weighted by Gasteiger charge is -2.22. The maximum atomic E-state index is 13.4. The van der Waals surface area contributed by atoms with Crippen molar-refractivity contribution in [2.75, 3.05) is 13.2 Å². The Labute approximate surface area is 122 Å². The van der Waals surface area contributed by atoms with Crippen LogP contribution in [-0.4, -0.2) is 26.2 Å². The highest BCUT2D eigenvalue weighted by Gasteiger charge is 2.20. The lowest BCUT2D eigenvalue weighted by atomic mass is 10.0. The van der Waals surface area contributed by atoms with E-state index in [9.17, 15) is 12.8 Å². The molecule has 2 heterocycles. The van der Waals surface area contributed by atoms with Gasteiger partial charge in [-0.25, -0.2) is 17.9 Å². The predicted molar refractivity (Wildman–Crippen MR) is 76.8 cm³/mol. The SMILES string of the molecule is NS(=O)(=O)c1cn(CC2CCOCC2)c2ccc(F)cc12. The summed E-state index contributed by atoms with van der Waals surface area (Å²) in [5.41, 5.74) is 0.687. The summed E-state index contributed by atoms with van der Waals surface area (Å²) in [6.45, 7) is 2.13. The van der Waals surface area contributed by atoms with Gasteiger partial charge >= 0.3 is 0 Å². The van der Waals surface area contributed by atoms with Crippen molar-refractivity contribution in [1.82, 2.24) is 4.57 Å². The molecule has 1 fully saturated rings. The van der Waals surface area contributed by atoms with Gasteiger partial charge in [0.25, 0.3) is 0 Å². The second-order valence-corrected chi connectivity index (χ2v) is 6.94. The Balaban J connectivity index is 2.06. The third-order valence-electron chi connectivity index (χ3n) is 3.91. The van der Waals surface area contributed by atoms with Crippen LogP contribution in [-0.2, 0) is 21.3 Å². The third-order valence-corrected chi connectivity index (χ3v) is 4.85. The molecule has 0 amide bonds. The minimum Gasteiger partial charge on any atom is -0.381 e. The van der Waals surface area contributed by atoms with Gasteiger partial charge in [0.2, 0.25) is 10.0 Å². The first-order valence-corrected chi connectivity index (χ1v) is 8.39. The number of hydrogen-bond donors (Lipinski definition) is 1. The van der Waals surface area contributed by atoms with Gasteiger partial charge < -0.3 is 9.30 Å². The molecule has 5 nitrogen and oxygen atoms in total. The zero-order valence-electron chi connectivity index (χ0n) is 11.5. The Morgan fingerprint density at radius 1 is 1.33 bits per heavy atom. The average molecular weight is 312 g/mol. The highest BCUT2D eigenvalue weighted by molar-refractivity contribution is 7.89. The van der Waals surface area contributed by atoms with Gasteiger partial charge in [-0.15, -0.1) is 0 Å². The maximum Gasteiger partial charge on any atom is 0.240 e. The highest BCUT2D eigenvalue weighted by Crippen LogP contribution is 2.28. The molecule has 114 valence electrons. The zero-order valence-corrected chi connectivity index (χ0v) is 12.3. The van der Waals surface area contributed by atoms with Crippen molar-refractivity contribution in [3.05, 3.63) is 30.2 Å². The largest absolute Gasteiger partial charge is 0.381 e. The van der Waals surface area contributed by atoms with Crippen LogP contribution in [0.4, 0.5) is 4.39 Å². The van der Waals surface area contributed by atoms with Gasteiger partial charge in [-0.3, -0.25) is 0 Å². The summed E-state index contributed by atoms with van der Waals surface area (Å²) < 4.78 is 44.0. The molecule has 3 rings (SSSR count). The topological polar surface area (TPSA) is 74.3 Å². The standard InChI is InChI=1S/C14H17FN2O3S/c15-11-1-2-13-12(7-11)14(21(16,18)19)9-17(13)8-10-3-5-20-6-4-10/h1-2,7,9-10H,3-6,8H2,(H2,16,18,19). The smallest absolute Gasteiger partial charge is 0.240 e. The quantitative estimate of drug-likeness (QED) is 0.940. The molecule has 1 aromatic carbocycles. The number of primary sulfonamides is 1. The van der Waals surface area contributed by atoms with Crippen molar-refractivity contribution in [1.29, 1.82) is 0 Å². The average Bonchev–Trinajstić information content (AvgIpc) is 2.78. The van der Waals surface area contributed by atoms with E-state index in [0.29, 0.717) is 23.4 Å². The molecule has 0 aliphatic carbocycles. The molecule has 21 heavy (non-hydrogen) atoms. The van der Waals surface area contributed by atoms with Gasteiger partial charge in [0, 0.05) is 36.9 Å². The van der Waals surface area contributed by atoms with Crippen LogP contribution >= 0.6 is 0 Å². The number of nitrogens with two attached hydrogens (primary N) is 1. The van der Waals surface area contributed by atoms with Gasteiger partial charge in [0.15, 0.2) is 0 Å². The van der Waals surface area contributed by atoms with Crippen LogP contribution in [0.5, 0.6) is 0 Å². The zero-order chi connectivity index (χ0) is 15.0. The summed E-state index contributed by atoms with van der Waals surface area (Å²) >= 11 is 0. The number of ether oxygens (including phenoxy) is 1. The monoisotopic (exact) mass is 312 g/mol. The fraction of sp³-hybridized carbons (Fsp3) is 0.429. The van der Waals surface area contributed by atoms with Gasteiger partial charge in [-0.2, -0.15) is 0 Å². The number of aromatic nitrogens is 1. The van der Waals surface area contributed by atoms with E-state index in [1.165, 1.54) is 18.3 Å². The second-order valence-electron chi connectivity index (χ2n) is 5.41. The van der Waals surface area contributed by atoms with Crippen molar-refractivity contribution < 1.29 is 17.5 Å². The molecule has 0 spiro atoms. The van der Waals surface area contributed by atoms with E-state index in [1.807, 2.05) is 4.57 Å². The lowest BCUT2D eigenvalue weighted by molar-refractivity contribution is 0.0616. The highest BCUT2D eigenvalue weighted by atomic mass is 32.2. The molecule has 1 aliphatic rings. The molecular formula is C14H17FN2O3S. The Morgan fingerprint density at radius 3 is 2.71 bits per heavy atom. The molecule has 1 saturated heterocycles. The van der Waals surface area contributed by atoms with E-state index in [1.54, 1.807) is 6.07 Å². The number of halogens is 1. The first-order chi connectivity index (χ1) is 9.95. The van der Waals surface area contributed by atoms with Crippen LogP contribution in [0.15, 0.2) is 29.3 Å². The number of sulfonamides is 1. The van der Waals surface area contributed by atoms with Crippen molar-refractivity contribution in [2.45, 2.75) is 24.3 Å². The molecule has 1 aliphatic heterocycles. The van der Waals surface area contributed by atoms with Crippen molar-refractivity contribution in [3.63, 3.8) is 0 Å². The summed E-state index contributed by atoms with van der Waals surface area (Å²) in [6, 6.07) is 4.14. The molecule has 0 unspecified atom stereocenters. The minimum absolute atomic E-state index is 0.0240. The Morgan fingerprint density at radius 2 is 2.05 bits per heavy atom. The minimum atomic E-state index is -3.88. The van der Waals surface area contributed by atoms with Crippen LogP contribution in [0.3, 0.4) is 0 Å². The fourth-order valence-electron chi connectivity index (χ4n) is 2.82. The van der Waals surface area contributed by atoms with Crippen LogP contribution in [0.25, 0.3) is 10.9 Å². The van der Waals surface area contributed by atoms with Gasteiger partial charge in [0.1, 0.15) is 10.7 Å². The molecule has 7 heteroatoms. The van der Waals surface area contributed by atoms with Crippen LogP contribution in [0.1, 0.15) is 12.8 Å². The first-order valence-electron chi connectivity index (χ1n) is 6.84. The Hall–Kier alpha value is -1.44. The van der Waals surface area contributed by atoms with Crippen LogP contribution in [0, 0.1) is 11.7 Å². The number of benzene rings is 1. The molecule has 0 bridgehead atoms. The van der Waals surface area contributed by atoms with E-state index in [4.69, 9.17) is 9.88 Å². The molecule has 1 aromatic heterocycles. The molecule has 0 radical (unpaired) electrons. The summed E-state index contributed by atoms with van der Waals surface area (Å²) in [5.74, 6) is -0.0519. The molecule has 2 N–H and O–H groups in total. The van der Waals surface area contributed by atoms with E-state index in [2.05, 4.69) is 0 Å². The van der Waals surface area contributed by atoms with E-state index < -0.39 is 15.8 Å². The molecule has 2 aromatic rings. The summed E-state index contributed by atoms with van der Waals surface area (Å²) in [7, 11) is -3.88. The normalized spacial score (nSPS) is 17.4. The van der Waals surface area contributed by atoms with Crippen molar-refractivity contribution in [2.24, 2.45) is 11.1 Å². The van der Waals surface area contributed by atoms with Crippen LogP contribution in [0.2, 0.25) is 0 Å². The summed E-state index contributed by atoms with van der Waals surface area (Å²) in [6.07, 6.45) is 3.38.